The van der Waals surface area contributed by atoms with E-state index in [9.17, 15) is 0 Å². The Hall–Kier alpha value is -1.85. The summed E-state index contributed by atoms with van der Waals surface area (Å²) in [5.41, 5.74) is 3.78. The van der Waals surface area contributed by atoms with Crippen molar-refractivity contribution in [3.8, 4) is 5.75 Å². The summed E-state index contributed by atoms with van der Waals surface area (Å²) in [5, 5.41) is 7.70. The van der Waals surface area contributed by atoms with Crippen LogP contribution in [0.3, 0.4) is 0 Å². The lowest BCUT2D eigenvalue weighted by Crippen LogP contribution is -2.29. The van der Waals surface area contributed by atoms with E-state index in [0.29, 0.717) is 0 Å². The first-order valence-electron chi connectivity index (χ1n) is 8.82. The topological polar surface area (TPSA) is 42.3 Å². The minimum Gasteiger partial charge on any atom is -0.496 e. The Labute approximate surface area is 144 Å². The second-order valence-corrected chi connectivity index (χ2v) is 6.53. The van der Waals surface area contributed by atoms with Crippen LogP contribution in [0.15, 0.2) is 30.5 Å². The molecule has 1 fully saturated rings. The van der Waals surface area contributed by atoms with Gasteiger partial charge in [-0.2, -0.15) is 5.10 Å². The van der Waals surface area contributed by atoms with Gasteiger partial charge in [-0.05, 0) is 49.7 Å². The third-order valence-corrected chi connectivity index (χ3v) is 4.75. The average Bonchev–Trinajstić information content (AvgIpc) is 3.01. The molecule has 0 spiro atoms. The number of rotatable bonds is 7. The molecule has 0 unspecified atom stereocenters. The van der Waals surface area contributed by atoms with Crippen LogP contribution in [0, 0.1) is 0 Å². The first-order valence-corrected chi connectivity index (χ1v) is 8.82. The number of ether oxygens (including phenoxy) is 1. The lowest BCUT2D eigenvalue weighted by Gasteiger charge is -2.27. The van der Waals surface area contributed by atoms with Gasteiger partial charge in [-0.1, -0.05) is 12.5 Å². The number of nitrogens with zero attached hydrogens (tertiary/aromatic N) is 3. The van der Waals surface area contributed by atoms with Gasteiger partial charge in [-0.3, -0.25) is 9.58 Å². The van der Waals surface area contributed by atoms with Gasteiger partial charge in [0.2, 0.25) is 0 Å². The molecular formula is C19H28N4O. The van der Waals surface area contributed by atoms with Crippen LogP contribution in [-0.4, -0.2) is 34.9 Å². The highest BCUT2D eigenvalue weighted by Crippen LogP contribution is 2.23. The van der Waals surface area contributed by atoms with E-state index in [0.717, 1.165) is 25.4 Å². The molecule has 0 aliphatic carbocycles. The van der Waals surface area contributed by atoms with E-state index < -0.39 is 0 Å². The van der Waals surface area contributed by atoms with Gasteiger partial charge in [0, 0.05) is 38.4 Å². The Morgan fingerprint density at radius 3 is 2.67 bits per heavy atom. The number of nitrogens with one attached hydrogen (secondary N) is 1. The number of methoxy groups -OCH3 is 1. The maximum atomic E-state index is 5.56. The molecule has 0 radical (unpaired) electrons. The fraction of sp³-hybridized carbons (Fsp3) is 0.526. The summed E-state index contributed by atoms with van der Waals surface area (Å²) in [6, 6.07) is 8.57. The van der Waals surface area contributed by atoms with Crippen LogP contribution < -0.4 is 10.1 Å². The zero-order valence-corrected chi connectivity index (χ0v) is 14.8. The maximum absolute atomic E-state index is 5.56. The molecule has 24 heavy (non-hydrogen) atoms. The largest absolute Gasteiger partial charge is 0.496 e. The summed E-state index contributed by atoms with van der Waals surface area (Å²) in [5.74, 6) is 0.996. The van der Waals surface area contributed by atoms with Crippen molar-refractivity contribution in [3.05, 3.63) is 47.3 Å². The van der Waals surface area contributed by atoms with E-state index in [-0.39, 0.29) is 0 Å². The molecule has 0 bridgehead atoms. The lowest BCUT2D eigenvalue weighted by atomic mass is 10.1. The molecule has 0 amide bonds. The maximum Gasteiger partial charge on any atom is 0.123 e. The van der Waals surface area contributed by atoms with Crippen LogP contribution in [0.1, 0.15) is 36.1 Å². The first-order chi connectivity index (χ1) is 11.8. The molecule has 1 aromatic carbocycles. The van der Waals surface area contributed by atoms with Crippen molar-refractivity contribution in [2.24, 2.45) is 7.05 Å². The first kappa shape index (κ1) is 17.0. The van der Waals surface area contributed by atoms with E-state index in [4.69, 9.17) is 4.74 Å². The average molecular weight is 328 g/mol. The van der Waals surface area contributed by atoms with Crippen LogP contribution in [-0.2, 0) is 26.7 Å². The molecule has 5 heteroatoms. The van der Waals surface area contributed by atoms with E-state index in [1.165, 1.54) is 49.2 Å². The Bertz CT molecular complexity index is 647. The fourth-order valence-electron chi connectivity index (χ4n) is 3.33. The highest BCUT2D eigenvalue weighted by molar-refractivity contribution is 5.37. The molecule has 1 N–H and O–H groups in total. The molecular weight excluding hydrogens is 300 g/mol. The molecule has 130 valence electrons. The highest BCUT2D eigenvalue weighted by atomic mass is 16.5. The van der Waals surface area contributed by atoms with Gasteiger partial charge in [0.1, 0.15) is 5.75 Å². The number of aromatic nitrogens is 2. The predicted octanol–water partition coefficient (Wildman–Crippen LogP) is 2.70. The molecule has 0 atom stereocenters. The highest BCUT2D eigenvalue weighted by Gasteiger charge is 2.13. The van der Waals surface area contributed by atoms with Gasteiger partial charge in [0.05, 0.1) is 12.8 Å². The second-order valence-electron chi connectivity index (χ2n) is 6.53. The summed E-state index contributed by atoms with van der Waals surface area (Å²) < 4.78 is 7.47. The molecule has 1 aromatic heterocycles. The lowest BCUT2D eigenvalue weighted by molar-refractivity contribution is 0.218. The van der Waals surface area contributed by atoms with Crippen molar-refractivity contribution in [1.29, 1.82) is 0 Å². The number of piperidine rings is 1. The van der Waals surface area contributed by atoms with Crippen molar-refractivity contribution >= 4 is 0 Å². The molecule has 1 saturated heterocycles. The van der Waals surface area contributed by atoms with Crippen molar-refractivity contribution in [3.63, 3.8) is 0 Å². The minimum atomic E-state index is 0.823. The van der Waals surface area contributed by atoms with Gasteiger partial charge in [-0.15, -0.1) is 0 Å². The number of benzene rings is 1. The molecule has 5 nitrogen and oxygen atoms in total. The number of aryl methyl sites for hydroxylation is 1. The summed E-state index contributed by atoms with van der Waals surface area (Å²) >= 11 is 0. The molecule has 1 aliphatic heterocycles. The van der Waals surface area contributed by atoms with Crippen molar-refractivity contribution < 1.29 is 4.74 Å². The quantitative estimate of drug-likeness (QED) is 0.848. The summed E-state index contributed by atoms with van der Waals surface area (Å²) in [4.78, 5) is 2.54. The Balaban J connectivity index is 1.61. The molecule has 2 heterocycles. The van der Waals surface area contributed by atoms with E-state index >= 15 is 0 Å². The van der Waals surface area contributed by atoms with Crippen molar-refractivity contribution in [2.75, 3.05) is 20.2 Å². The standard InChI is InChI=1S/C19H28N4O/c1-22-18(8-9-21-22)14-20-13-16-6-7-19(24-2)17(12-16)15-23-10-4-3-5-11-23/h6-9,12,20H,3-5,10-11,13-15H2,1-2H3. The predicted molar refractivity (Wildman–Crippen MR) is 95.9 cm³/mol. The van der Waals surface area contributed by atoms with Crippen LogP contribution >= 0.6 is 0 Å². The van der Waals surface area contributed by atoms with Gasteiger partial charge in [0.25, 0.3) is 0 Å². The van der Waals surface area contributed by atoms with Gasteiger partial charge < -0.3 is 10.1 Å². The number of hydrogen-bond acceptors (Lipinski definition) is 4. The van der Waals surface area contributed by atoms with Crippen LogP contribution in [0.25, 0.3) is 0 Å². The molecule has 2 aromatic rings. The second kappa shape index (κ2) is 8.31. The Kier molecular flexibility index (Phi) is 5.88. The molecule has 3 rings (SSSR count). The zero-order chi connectivity index (χ0) is 16.8. The third kappa shape index (κ3) is 4.36. The summed E-state index contributed by atoms with van der Waals surface area (Å²) in [6.07, 6.45) is 5.83. The summed E-state index contributed by atoms with van der Waals surface area (Å²) in [6.45, 7) is 5.06. The van der Waals surface area contributed by atoms with Gasteiger partial charge in [-0.25, -0.2) is 0 Å². The van der Waals surface area contributed by atoms with Gasteiger partial charge >= 0.3 is 0 Å². The number of likely N-dealkylation sites (tertiary alicyclic amines) is 1. The Morgan fingerprint density at radius 1 is 1.12 bits per heavy atom. The van der Waals surface area contributed by atoms with Crippen molar-refractivity contribution in [2.45, 2.75) is 38.9 Å². The van der Waals surface area contributed by atoms with E-state index in [1.54, 1.807) is 7.11 Å². The van der Waals surface area contributed by atoms with Crippen LogP contribution in [0.5, 0.6) is 5.75 Å². The summed E-state index contributed by atoms with van der Waals surface area (Å²) in [7, 11) is 3.73. The zero-order valence-electron chi connectivity index (χ0n) is 14.8. The molecule has 1 aliphatic rings. The minimum absolute atomic E-state index is 0.823. The SMILES string of the molecule is COc1ccc(CNCc2ccnn2C)cc1CN1CCCCC1. The Morgan fingerprint density at radius 2 is 1.96 bits per heavy atom. The monoisotopic (exact) mass is 328 g/mol. The normalized spacial score (nSPS) is 15.6. The number of hydrogen-bond donors (Lipinski definition) is 1. The smallest absolute Gasteiger partial charge is 0.123 e. The van der Waals surface area contributed by atoms with Crippen LogP contribution in [0.4, 0.5) is 0 Å². The fourth-order valence-corrected chi connectivity index (χ4v) is 3.33. The van der Waals surface area contributed by atoms with E-state index in [2.05, 4.69) is 33.5 Å². The molecule has 0 saturated carbocycles. The third-order valence-electron chi connectivity index (χ3n) is 4.75. The van der Waals surface area contributed by atoms with E-state index in [1.807, 2.05) is 24.0 Å². The van der Waals surface area contributed by atoms with Gasteiger partial charge in [0.15, 0.2) is 0 Å². The van der Waals surface area contributed by atoms with Crippen LogP contribution in [0.2, 0.25) is 0 Å². The van der Waals surface area contributed by atoms with Crippen molar-refractivity contribution in [1.82, 2.24) is 20.0 Å².